The van der Waals surface area contributed by atoms with Gasteiger partial charge < -0.3 is 19.9 Å². The highest BCUT2D eigenvalue weighted by molar-refractivity contribution is 5.91. The van der Waals surface area contributed by atoms with Crippen LogP contribution in [-0.4, -0.2) is 37.2 Å². The Morgan fingerprint density at radius 3 is 2.75 bits per heavy atom. The van der Waals surface area contributed by atoms with Crippen molar-refractivity contribution in [2.24, 2.45) is 5.92 Å². The molecule has 2 N–H and O–H groups in total. The number of carboxylic acids is 1. The van der Waals surface area contributed by atoms with E-state index in [4.69, 9.17) is 14.6 Å². The van der Waals surface area contributed by atoms with Crippen LogP contribution in [0.15, 0.2) is 18.2 Å². The summed E-state index contributed by atoms with van der Waals surface area (Å²) < 4.78 is 10.3. The fraction of sp³-hybridized carbons (Fsp3) is 0.429. The first-order valence-electron chi connectivity index (χ1n) is 6.41. The number of ether oxygens (including phenoxy) is 2. The zero-order valence-corrected chi connectivity index (χ0v) is 11.2. The number of aromatic carboxylic acids is 1. The summed E-state index contributed by atoms with van der Waals surface area (Å²) in [5.74, 6) is -0.177. The van der Waals surface area contributed by atoms with E-state index in [1.54, 1.807) is 0 Å². The summed E-state index contributed by atoms with van der Waals surface area (Å²) in [5, 5.41) is 11.8. The Balaban J connectivity index is 1.95. The topological polar surface area (TPSA) is 84.9 Å². The molecule has 0 atom stereocenters. The standard InChI is InChI=1S/C14H17NO5/c1-19-10-4-5-11(14(17)18)12(6-10)20-8-13(16)15-7-9-2-3-9/h4-6,9H,2-3,7-8H2,1H3,(H,15,16)(H,17,18). The Morgan fingerprint density at radius 1 is 1.40 bits per heavy atom. The minimum Gasteiger partial charge on any atom is -0.497 e. The van der Waals surface area contributed by atoms with Gasteiger partial charge in [0.1, 0.15) is 17.1 Å². The van der Waals surface area contributed by atoms with Crippen LogP contribution in [0.4, 0.5) is 0 Å². The maximum absolute atomic E-state index is 11.6. The third-order valence-corrected chi connectivity index (χ3v) is 3.06. The maximum Gasteiger partial charge on any atom is 0.339 e. The van der Waals surface area contributed by atoms with E-state index in [2.05, 4.69) is 5.32 Å². The molecule has 1 aliphatic rings. The van der Waals surface area contributed by atoms with Gasteiger partial charge in [-0.2, -0.15) is 0 Å². The van der Waals surface area contributed by atoms with Gasteiger partial charge in [-0.1, -0.05) is 0 Å². The molecule has 0 heterocycles. The minimum absolute atomic E-state index is 0.000734. The summed E-state index contributed by atoms with van der Waals surface area (Å²) in [6, 6.07) is 4.37. The van der Waals surface area contributed by atoms with Gasteiger partial charge in [-0.3, -0.25) is 4.79 Å². The first-order chi connectivity index (χ1) is 9.60. The van der Waals surface area contributed by atoms with Crippen LogP contribution in [0.3, 0.4) is 0 Å². The van der Waals surface area contributed by atoms with E-state index >= 15 is 0 Å². The molecule has 1 aliphatic carbocycles. The summed E-state index contributed by atoms with van der Waals surface area (Å²) in [6.45, 7) is 0.451. The van der Waals surface area contributed by atoms with E-state index in [0.717, 1.165) is 12.8 Å². The Morgan fingerprint density at radius 2 is 2.15 bits per heavy atom. The minimum atomic E-state index is -1.11. The van der Waals surface area contributed by atoms with E-state index in [-0.39, 0.29) is 23.8 Å². The molecule has 1 saturated carbocycles. The van der Waals surface area contributed by atoms with Crippen LogP contribution in [0.2, 0.25) is 0 Å². The van der Waals surface area contributed by atoms with Crippen LogP contribution in [0, 0.1) is 5.92 Å². The molecule has 0 bridgehead atoms. The molecule has 108 valence electrons. The fourth-order valence-corrected chi connectivity index (χ4v) is 1.70. The lowest BCUT2D eigenvalue weighted by Gasteiger charge is -2.10. The van der Waals surface area contributed by atoms with E-state index in [0.29, 0.717) is 18.2 Å². The Bertz CT molecular complexity index is 510. The van der Waals surface area contributed by atoms with Crippen LogP contribution < -0.4 is 14.8 Å². The monoisotopic (exact) mass is 279 g/mol. The Kier molecular flexibility index (Phi) is 4.45. The van der Waals surface area contributed by atoms with E-state index in [1.165, 1.54) is 25.3 Å². The molecule has 1 aromatic carbocycles. The van der Waals surface area contributed by atoms with Gasteiger partial charge in [0, 0.05) is 12.6 Å². The predicted octanol–water partition coefficient (Wildman–Crippen LogP) is 1.30. The number of carboxylic acid groups (broad SMARTS) is 1. The first kappa shape index (κ1) is 14.2. The molecule has 0 aliphatic heterocycles. The highest BCUT2D eigenvalue weighted by Crippen LogP contribution is 2.27. The molecule has 2 rings (SSSR count). The number of carbonyl (C=O) groups is 2. The summed E-state index contributed by atoms with van der Waals surface area (Å²) >= 11 is 0. The van der Waals surface area contributed by atoms with Crippen LogP contribution >= 0.6 is 0 Å². The van der Waals surface area contributed by atoms with E-state index in [9.17, 15) is 9.59 Å². The van der Waals surface area contributed by atoms with Crippen LogP contribution in [-0.2, 0) is 4.79 Å². The molecule has 0 radical (unpaired) electrons. The number of amides is 1. The Labute approximate surface area is 116 Å². The molecule has 0 spiro atoms. The second-order valence-corrected chi connectivity index (χ2v) is 4.70. The Hall–Kier alpha value is -2.24. The second-order valence-electron chi connectivity index (χ2n) is 4.70. The molecule has 0 unspecified atom stereocenters. The van der Waals surface area contributed by atoms with E-state index in [1.807, 2.05) is 0 Å². The summed E-state index contributed by atoms with van der Waals surface area (Å²) in [6.07, 6.45) is 2.31. The van der Waals surface area contributed by atoms with Crippen LogP contribution in [0.1, 0.15) is 23.2 Å². The normalized spacial score (nSPS) is 13.7. The number of rotatable bonds is 7. The van der Waals surface area contributed by atoms with E-state index < -0.39 is 5.97 Å². The summed E-state index contributed by atoms with van der Waals surface area (Å²) in [5.41, 5.74) is 0.000734. The van der Waals surface area contributed by atoms with Crippen LogP contribution in [0.5, 0.6) is 11.5 Å². The summed E-state index contributed by atoms with van der Waals surface area (Å²) in [4.78, 5) is 22.6. The van der Waals surface area contributed by atoms with Crippen molar-refractivity contribution in [3.05, 3.63) is 23.8 Å². The van der Waals surface area contributed by atoms with Crippen LogP contribution in [0.25, 0.3) is 0 Å². The molecule has 20 heavy (non-hydrogen) atoms. The zero-order chi connectivity index (χ0) is 14.5. The van der Waals surface area contributed by atoms with Crippen molar-refractivity contribution in [2.75, 3.05) is 20.3 Å². The number of hydrogen-bond donors (Lipinski definition) is 2. The third-order valence-electron chi connectivity index (χ3n) is 3.06. The zero-order valence-electron chi connectivity index (χ0n) is 11.2. The lowest BCUT2D eigenvalue weighted by molar-refractivity contribution is -0.123. The first-order valence-corrected chi connectivity index (χ1v) is 6.41. The van der Waals surface area contributed by atoms with Crippen molar-refractivity contribution in [1.82, 2.24) is 5.32 Å². The number of methoxy groups -OCH3 is 1. The van der Waals surface area contributed by atoms with Gasteiger partial charge in [-0.15, -0.1) is 0 Å². The van der Waals surface area contributed by atoms with Crippen molar-refractivity contribution in [3.8, 4) is 11.5 Å². The van der Waals surface area contributed by atoms with Crippen molar-refractivity contribution in [3.63, 3.8) is 0 Å². The predicted molar refractivity (Wildman–Crippen MR) is 71.2 cm³/mol. The molecule has 0 saturated heterocycles. The molecule has 0 aromatic heterocycles. The number of nitrogens with one attached hydrogen (secondary N) is 1. The molecular formula is C14H17NO5. The highest BCUT2D eigenvalue weighted by Gasteiger charge is 2.21. The van der Waals surface area contributed by atoms with Crippen molar-refractivity contribution in [2.45, 2.75) is 12.8 Å². The van der Waals surface area contributed by atoms with Crippen molar-refractivity contribution in [1.29, 1.82) is 0 Å². The average molecular weight is 279 g/mol. The van der Waals surface area contributed by atoms with Crippen molar-refractivity contribution < 1.29 is 24.2 Å². The quantitative estimate of drug-likeness (QED) is 0.785. The smallest absolute Gasteiger partial charge is 0.339 e. The average Bonchev–Trinajstić information content (AvgIpc) is 3.26. The third kappa shape index (κ3) is 3.88. The molecule has 1 amide bonds. The summed E-state index contributed by atoms with van der Waals surface area (Å²) in [7, 11) is 1.47. The number of hydrogen-bond acceptors (Lipinski definition) is 4. The maximum atomic E-state index is 11.6. The lowest BCUT2D eigenvalue weighted by atomic mass is 10.2. The van der Waals surface area contributed by atoms with Gasteiger partial charge in [-0.25, -0.2) is 4.79 Å². The second kappa shape index (κ2) is 6.27. The number of carbonyl (C=O) groups excluding carboxylic acids is 1. The van der Waals surface area contributed by atoms with Gasteiger partial charge in [0.15, 0.2) is 6.61 Å². The SMILES string of the molecule is COc1ccc(C(=O)O)c(OCC(=O)NCC2CC2)c1. The van der Waals surface area contributed by atoms with Gasteiger partial charge in [0.2, 0.25) is 0 Å². The van der Waals surface area contributed by atoms with Gasteiger partial charge >= 0.3 is 5.97 Å². The number of benzene rings is 1. The molecule has 1 aromatic rings. The highest BCUT2D eigenvalue weighted by atomic mass is 16.5. The van der Waals surface area contributed by atoms with Gasteiger partial charge in [0.05, 0.1) is 7.11 Å². The largest absolute Gasteiger partial charge is 0.497 e. The van der Waals surface area contributed by atoms with Gasteiger partial charge in [-0.05, 0) is 30.9 Å². The molecular weight excluding hydrogens is 262 g/mol. The van der Waals surface area contributed by atoms with Crippen molar-refractivity contribution >= 4 is 11.9 Å². The molecule has 1 fully saturated rings. The fourth-order valence-electron chi connectivity index (χ4n) is 1.70. The molecule has 6 nitrogen and oxygen atoms in total. The van der Waals surface area contributed by atoms with Gasteiger partial charge in [0.25, 0.3) is 5.91 Å². The molecule has 6 heteroatoms. The lowest BCUT2D eigenvalue weighted by Crippen LogP contribution is -2.30.